The number of aliphatic hydroxyl groups excluding tert-OH is 1. The number of aliphatic hydroxyl groups is 1. The minimum absolute atomic E-state index is 0.411. The Hall–Kier alpha value is -0.0800. The third-order valence-electron chi connectivity index (χ3n) is 3.70. The second kappa shape index (κ2) is 3.00. The molecular weight excluding hydrogens is 152 g/mol. The number of rotatable bonds is 0. The van der Waals surface area contributed by atoms with E-state index in [1.165, 1.54) is 12.8 Å². The van der Waals surface area contributed by atoms with E-state index in [2.05, 4.69) is 13.8 Å². The second-order valence-corrected chi connectivity index (χ2v) is 4.50. The lowest BCUT2D eigenvalue weighted by atomic mass is 9.80. The highest BCUT2D eigenvalue weighted by Gasteiger charge is 2.44. The molecule has 0 aromatic carbocycles. The van der Waals surface area contributed by atoms with Gasteiger partial charge < -0.3 is 9.84 Å². The molecule has 2 rings (SSSR count). The first kappa shape index (κ1) is 8.52. The molecule has 0 radical (unpaired) electrons. The lowest BCUT2D eigenvalue weighted by Crippen LogP contribution is -2.40. The van der Waals surface area contributed by atoms with Crippen molar-refractivity contribution in [2.45, 2.75) is 33.0 Å². The van der Waals surface area contributed by atoms with Gasteiger partial charge in [0.25, 0.3) is 0 Å². The van der Waals surface area contributed by atoms with Crippen LogP contribution in [0.15, 0.2) is 0 Å². The molecule has 70 valence electrons. The van der Waals surface area contributed by atoms with Gasteiger partial charge in [-0.05, 0) is 30.6 Å². The highest BCUT2D eigenvalue weighted by atomic mass is 16.6. The molecule has 0 bridgehead atoms. The van der Waals surface area contributed by atoms with Crippen molar-refractivity contribution in [1.82, 2.24) is 0 Å². The number of hydrogen-bond acceptors (Lipinski definition) is 2. The van der Waals surface area contributed by atoms with Crippen LogP contribution < -0.4 is 0 Å². The summed E-state index contributed by atoms with van der Waals surface area (Å²) in [6, 6.07) is 0. The quantitative estimate of drug-likeness (QED) is 0.598. The van der Waals surface area contributed by atoms with Crippen molar-refractivity contribution in [3.8, 4) is 0 Å². The average Bonchev–Trinajstić information content (AvgIpc) is 2.42. The van der Waals surface area contributed by atoms with Gasteiger partial charge in [0.15, 0.2) is 6.29 Å². The van der Waals surface area contributed by atoms with E-state index in [1.54, 1.807) is 0 Å². The van der Waals surface area contributed by atoms with Crippen LogP contribution in [-0.2, 0) is 4.74 Å². The van der Waals surface area contributed by atoms with Crippen LogP contribution in [-0.4, -0.2) is 18.0 Å². The summed E-state index contributed by atoms with van der Waals surface area (Å²) in [4.78, 5) is 0. The maximum atomic E-state index is 9.65. The Bertz CT molecular complexity index is 169. The SMILES string of the molecule is CC1COC(O)C2C(C)CCC12. The zero-order valence-electron chi connectivity index (χ0n) is 7.86. The summed E-state index contributed by atoms with van der Waals surface area (Å²) in [5.74, 6) is 2.41. The van der Waals surface area contributed by atoms with E-state index in [9.17, 15) is 5.11 Å². The molecule has 5 unspecified atom stereocenters. The van der Waals surface area contributed by atoms with Crippen molar-refractivity contribution >= 4 is 0 Å². The normalized spacial score (nSPS) is 53.8. The molecule has 1 aliphatic carbocycles. The molecule has 2 heteroatoms. The first-order valence-electron chi connectivity index (χ1n) is 5.00. The monoisotopic (exact) mass is 170 g/mol. The topological polar surface area (TPSA) is 29.5 Å². The Morgan fingerprint density at radius 1 is 1.17 bits per heavy atom. The summed E-state index contributed by atoms with van der Waals surface area (Å²) in [6.45, 7) is 5.21. The van der Waals surface area contributed by atoms with E-state index < -0.39 is 6.29 Å². The fourth-order valence-electron chi connectivity index (χ4n) is 2.90. The second-order valence-electron chi connectivity index (χ2n) is 4.50. The van der Waals surface area contributed by atoms with Crippen LogP contribution in [0.3, 0.4) is 0 Å². The molecule has 1 heterocycles. The maximum Gasteiger partial charge on any atom is 0.157 e. The maximum absolute atomic E-state index is 9.65. The molecule has 0 spiro atoms. The predicted molar refractivity (Wildman–Crippen MR) is 46.5 cm³/mol. The minimum Gasteiger partial charge on any atom is -0.368 e. The van der Waals surface area contributed by atoms with Crippen molar-refractivity contribution in [3.63, 3.8) is 0 Å². The first-order valence-corrected chi connectivity index (χ1v) is 5.00. The fourth-order valence-corrected chi connectivity index (χ4v) is 2.90. The molecular formula is C10H18O2. The Kier molecular flexibility index (Phi) is 2.13. The van der Waals surface area contributed by atoms with E-state index >= 15 is 0 Å². The fraction of sp³-hybridized carbons (Fsp3) is 1.00. The molecule has 1 aliphatic heterocycles. The van der Waals surface area contributed by atoms with Gasteiger partial charge in [-0.15, -0.1) is 0 Å². The molecule has 1 N–H and O–H groups in total. The lowest BCUT2D eigenvalue weighted by molar-refractivity contribution is -0.195. The standard InChI is InChI=1S/C10H18O2/c1-6-3-4-8-7(2)5-12-10(11)9(6)8/h6-11H,3-5H2,1-2H3. The van der Waals surface area contributed by atoms with Crippen LogP contribution in [0, 0.1) is 23.7 Å². The van der Waals surface area contributed by atoms with Crippen molar-refractivity contribution in [3.05, 3.63) is 0 Å². The molecule has 5 atom stereocenters. The summed E-state index contributed by atoms with van der Waals surface area (Å²) in [5.41, 5.74) is 0. The highest BCUT2D eigenvalue weighted by Crippen LogP contribution is 2.45. The van der Waals surface area contributed by atoms with Gasteiger partial charge in [-0.25, -0.2) is 0 Å². The minimum atomic E-state index is -0.483. The van der Waals surface area contributed by atoms with Gasteiger partial charge in [-0.2, -0.15) is 0 Å². The summed E-state index contributed by atoms with van der Waals surface area (Å²) >= 11 is 0. The van der Waals surface area contributed by atoms with E-state index in [0.29, 0.717) is 23.7 Å². The molecule has 1 saturated heterocycles. The molecule has 2 fully saturated rings. The smallest absolute Gasteiger partial charge is 0.157 e. The van der Waals surface area contributed by atoms with Crippen molar-refractivity contribution in [2.75, 3.05) is 6.61 Å². The summed E-state index contributed by atoms with van der Waals surface area (Å²) in [5, 5.41) is 9.65. The molecule has 0 amide bonds. The predicted octanol–water partition coefficient (Wildman–Crippen LogP) is 1.63. The van der Waals surface area contributed by atoms with Gasteiger partial charge in [0.1, 0.15) is 0 Å². The third-order valence-corrected chi connectivity index (χ3v) is 3.70. The molecule has 2 nitrogen and oxygen atoms in total. The number of hydrogen-bond donors (Lipinski definition) is 1. The van der Waals surface area contributed by atoms with E-state index in [0.717, 1.165) is 6.61 Å². The molecule has 0 aromatic rings. The van der Waals surface area contributed by atoms with Crippen LogP contribution in [0.5, 0.6) is 0 Å². The largest absolute Gasteiger partial charge is 0.368 e. The highest BCUT2D eigenvalue weighted by molar-refractivity contribution is 4.89. The molecule has 12 heavy (non-hydrogen) atoms. The van der Waals surface area contributed by atoms with Crippen molar-refractivity contribution in [2.24, 2.45) is 23.7 Å². The Morgan fingerprint density at radius 2 is 1.92 bits per heavy atom. The summed E-state index contributed by atoms with van der Waals surface area (Å²) in [7, 11) is 0. The van der Waals surface area contributed by atoms with Gasteiger partial charge in [0, 0.05) is 5.92 Å². The van der Waals surface area contributed by atoms with Crippen molar-refractivity contribution in [1.29, 1.82) is 0 Å². The van der Waals surface area contributed by atoms with Gasteiger partial charge >= 0.3 is 0 Å². The van der Waals surface area contributed by atoms with Crippen LogP contribution in [0.2, 0.25) is 0 Å². The van der Waals surface area contributed by atoms with Gasteiger partial charge in [0.05, 0.1) is 6.61 Å². The number of fused-ring (bicyclic) bond motifs is 1. The Morgan fingerprint density at radius 3 is 2.58 bits per heavy atom. The number of ether oxygens (including phenoxy) is 1. The lowest BCUT2D eigenvalue weighted by Gasteiger charge is -2.37. The van der Waals surface area contributed by atoms with Crippen molar-refractivity contribution < 1.29 is 9.84 Å². The summed E-state index contributed by atoms with van der Waals surface area (Å²) < 4.78 is 5.33. The van der Waals surface area contributed by atoms with Gasteiger partial charge in [-0.3, -0.25) is 0 Å². The van der Waals surface area contributed by atoms with Crippen LogP contribution in [0.1, 0.15) is 26.7 Å². The van der Waals surface area contributed by atoms with Gasteiger partial charge in [0.2, 0.25) is 0 Å². The van der Waals surface area contributed by atoms with Crippen LogP contribution in [0.4, 0.5) is 0 Å². The van der Waals surface area contributed by atoms with E-state index in [4.69, 9.17) is 4.74 Å². The average molecular weight is 170 g/mol. The Balaban J connectivity index is 2.13. The van der Waals surface area contributed by atoms with E-state index in [-0.39, 0.29) is 0 Å². The zero-order chi connectivity index (χ0) is 8.72. The summed E-state index contributed by atoms with van der Waals surface area (Å²) in [6.07, 6.45) is 2.07. The van der Waals surface area contributed by atoms with Crippen LogP contribution >= 0.6 is 0 Å². The Labute approximate surface area is 73.9 Å². The third kappa shape index (κ3) is 1.17. The molecule has 1 saturated carbocycles. The molecule has 2 aliphatic rings. The first-order chi connectivity index (χ1) is 5.70. The van der Waals surface area contributed by atoms with E-state index in [1.807, 2.05) is 0 Å². The zero-order valence-corrected chi connectivity index (χ0v) is 7.86. The van der Waals surface area contributed by atoms with Gasteiger partial charge in [-0.1, -0.05) is 13.8 Å². The van der Waals surface area contributed by atoms with Crippen LogP contribution in [0.25, 0.3) is 0 Å². The molecule has 0 aromatic heterocycles.